The summed E-state index contributed by atoms with van der Waals surface area (Å²) in [6.07, 6.45) is 0.540. The zero-order chi connectivity index (χ0) is 24.0. The topological polar surface area (TPSA) is 75.7 Å². The summed E-state index contributed by atoms with van der Waals surface area (Å²) in [4.78, 5) is 13.1. The van der Waals surface area contributed by atoms with Crippen LogP contribution >= 0.6 is 0 Å². The minimum Gasteiger partial charge on any atom is -0.496 e. The fourth-order valence-electron chi connectivity index (χ4n) is 3.57. The van der Waals surface area contributed by atoms with Crippen molar-refractivity contribution in [3.63, 3.8) is 0 Å². The van der Waals surface area contributed by atoms with Crippen LogP contribution in [0.4, 0.5) is 0 Å². The van der Waals surface area contributed by atoms with Gasteiger partial charge in [0, 0.05) is 20.5 Å². The largest absolute Gasteiger partial charge is 0.496 e. The molecule has 0 radical (unpaired) electrons. The summed E-state index contributed by atoms with van der Waals surface area (Å²) in [5.74, 6) is 0.422. The van der Waals surface area contributed by atoms with Gasteiger partial charge in [-0.2, -0.15) is 0 Å². The van der Waals surface area contributed by atoms with Crippen LogP contribution < -0.4 is 10.1 Å². The van der Waals surface area contributed by atoms with E-state index in [9.17, 15) is 13.2 Å². The molecule has 0 aliphatic rings. The van der Waals surface area contributed by atoms with Crippen LogP contribution in [0.1, 0.15) is 34.7 Å². The smallest absolute Gasteiger partial charge is 0.242 e. The molecular weight excluding hydrogens is 436 g/mol. The summed E-state index contributed by atoms with van der Waals surface area (Å²) in [7, 11) is 0.924. The van der Waals surface area contributed by atoms with E-state index >= 15 is 0 Å². The first-order valence-electron chi connectivity index (χ1n) is 10.7. The van der Waals surface area contributed by atoms with Crippen LogP contribution in [0.15, 0.2) is 77.7 Å². The number of aryl methyl sites for hydroxylation is 2. The van der Waals surface area contributed by atoms with Crippen molar-refractivity contribution >= 4 is 15.9 Å². The number of hydrogen-bond acceptors (Lipinski definition) is 4. The number of nitrogens with one attached hydrogen (secondary N) is 1. The van der Waals surface area contributed by atoms with Gasteiger partial charge in [0.15, 0.2) is 0 Å². The summed E-state index contributed by atoms with van der Waals surface area (Å²) in [5.41, 5.74) is 3.81. The molecule has 1 N–H and O–H groups in total. The van der Waals surface area contributed by atoms with Crippen molar-refractivity contribution in [1.82, 2.24) is 9.62 Å². The Bertz CT molecular complexity index is 1190. The molecule has 6 nitrogen and oxygen atoms in total. The summed E-state index contributed by atoms with van der Waals surface area (Å²) in [6.45, 7) is 2.03. The van der Waals surface area contributed by atoms with Crippen LogP contribution in [-0.2, 0) is 21.2 Å². The van der Waals surface area contributed by atoms with Crippen molar-refractivity contribution in [2.75, 3.05) is 21.2 Å². The molecule has 0 fully saturated rings. The SMILES string of the molecule is COc1ccc(S(=O)(=O)N(C)C)cc1CCC(=O)NC(c1ccccc1)c1ccc(C)cc1. The van der Waals surface area contributed by atoms with Gasteiger partial charge in [-0.15, -0.1) is 0 Å². The van der Waals surface area contributed by atoms with Crippen LogP contribution in [0.5, 0.6) is 5.75 Å². The zero-order valence-electron chi connectivity index (χ0n) is 19.4. The number of benzene rings is 3. The molecule has 0 bridgehead atoms. The van der Waals surface area contributed by atoms with E-state index in [1.165, 1.54) is 27.3 Å². The first-order chi connectivity index (χ1) is 15.7. The second kappa shape index (κ2) is 10.6. The third-order valence-electron chi connectivity index (χ3n) is 5.50. The van der Waals surface area contributed by atoms with Gasteiger partial charge in [-0.3, -0.25) is 4.79 Å². The summed E-state index contributed by atoms with van der Waals surface area (Å²) < 4.78 is 31.6. The molecule has 0 saturated carbocycles. The van der Waals surface area contributed by atoms with Crippen molar-refractivity contribution in [3.05, 3.63) is 95.1 Å². The maximum Gasteiger partial charge on any atom is 0.242 e. The number of nitrogens with zero attached hydrogens (tertiary/aromatic N) is 1. The van der Waals surface area contributed by atoms with Gasteiger partial charge in [-0.1, -0.05) is 60.2 Å². The average Bonchev–Trinajstić information content (AvgIpc) is 2.82. The Morgan fingerprint density at radius 3 is 2.21 bits per heavy atom. The van der Waals surface area contributed by atoms with Gasteiger partial charge < -0.3 is 10.1 Å². The minimum atomic E-state index is -3.58. The number of rotatable bonds is 9. The van der Waals surface area contributed by atoms with E-state index < -0.39 is 10.0 Å². The number of ether oxygens (including phenoxy) is 1. The van der Waals surface area contributed by atoms with Crippen molar-refractivity contribution < 1.29 is 17.9 Å². The van der Waals surface area contributed by atoms with E-state index in [0.29, 0.717) is 17.7 Å². The highest BCUT2D eigenvalue weighted by Crippen LogP contribution is 2.26. The number of hydrogen-bond donors (Lipinski definition) is 1. The molecule has 0 saturated heterocycles. The molecular formula is C26H30N2O4S. The van der Waals surface area contributed by atoms with Gasteiger partial charge in [-0.25, -0.2) is 12.7 Å². The molecule has 0 heterocycles. The van der Waals surface area contributed by atoms with Crippen molar-refractivity contribution in [1.29, 1.82) is 0 Å². The van der Waals surface area contributed by atoms with Crippen LogP contribution in [0.3, 0.4) is 0 Å². The van der Waals surface area contributed by atoms with E-state index in [2.05, 4.69) is 5.32 Å². The van der Waals surface area contributed by atoms with Crippen LogP contribution in [0.25, 0.3) is 0 Å². The Morgan fingerprint density at radius 2 is 1.61 bits per heavy atom. The Kier molecular flexibility index (Phi) is 7.89. The van der Waals surface area contributed by atoms with Gasteiger partial charge >= 0.3 is 0 Å². The lowest BCUT2D eigenvalue weighted by molar-refractivity contribution is -0.121. The molecule has 0 spiro atoms. The Labute approximate surface area is 196 Å². The van der Waals surface area contributed by atoms with E-state index in [1.807, 2.05) is 61.5 Å². The molecule has 1 atom stereocenters. The molecule has 3 aromatic rings. The van der Waals surface area contributed by atoms with Gasteiger partial charge in [0.2, 0.25) is 15.9 Å². The molecule has 7 heteroatoms. The highest BCUT2D eigenvalue weighted by atomic mass is 32.2. The maximum atomic E-state index is 13.0. The molecule has 174 valence electrons. The second-order valence-corrected chi connectivity index (χ2v) is 10.2. The predicted octanol–water partition coefficient (Wildman–Crippen LogP) is 4.09. The quantitative estimate of drug-likeness (QED) is 0.515. The number of sulfonamides is 1. The third-order valence-corrected chi connectivity index (χ3v) is 7.31. The monoisotopic (exact) mass is 466 g/mol. The number of methoxy groups -OCH3 is 1. The Morgan fingerprint density at radius 1 is 0.970 bits per heavy atom. The standard InChI is InChI=1S/C26H30N2O4S/c1-19-10-12-21(13-11-19)26(20-8-6-5-7-9-20)27-25(29)17-14-22-18-23(15-16-24(22)32-4)33(30,31)28(2)3/h5-13,15-16,18,26H,14,17H2,1-4H3,(H,27,29). The van der Waals surface area contributed by atoms with E-state index in [0.717, 1.165) is 21.0 Å². The van der Waals surface area contributed by atoms with Crippen LogP contribution in [0.2, 0.25) is 0 Å². The highest BCUT2D eigenvalue weighted by molar-refractivity contribution is 7.89. The predicted molar refractivity (Wildman–Crippen MR) is 130 cm³/mol. The Hall–Kier alpha value is -3.16. The second-order valence-electron chi connectivity index (χ2n) is 8.08. The Balaban J connectivity index is 1.80. The molecule has 1 amide bonds. The molecule has 33 heavy (non-hydrogen) atoms. The summed E-state index contributed by atoms with van der Waals surface area (Å²) in [5, 5.41) is 3.13. The lowest BCUT2D eigenvalue weighted by Crippen LogP contribution is -2.29. The lowest BCUT2D eigenvalue weighted by atomic mass is 9.97. The zero-order valence-corrected chi connectivity index (χ0v) is 20.2. The van der Waals surface area contributed by atoms with Gasteiger partial charge in [-0.05, 0) is 48.2 Å². The molecule has 0 aliphatic carbocycles. The molecule has 0 aromatic heterocycles. The fraction of sp³-hybridized carbons (Fsp3) is 0.269. The lowest BCUT2D eigenvalue weighted by Gasteiger charge is -2.20. The highest BCUT2D eigenvalue weighted by Gasteiger charge is 2.20. The van der Waals surface area contributed by atoms with Gasteiger partial charge in [0.25, 0.3) is 0 Å². The fourth-order valence-corrected chi connectivity index (χ4v) is 4.52. The average molecular weight is 467 g/mol. The van der Waals surface area contributed by atoms with Gasteiger partial charge in [0.1, 0.15) is 5.75 Å². The summed E-state index contributed by atoms with van der Waals surface area (Å²) in [6, 6.07) is 22.4. The minimum absolute atomic E-state index is 0.132. The maximum absolute atomic E-state index is 13.0. The van der Waals surface area contributed by atoms with Crippen molar-refractivity contribution in [3.8, 4) is 5.75 Å². The molecule has 1 unspecified atom stereocenters. The van der Waals surface area contributed by atoms with Crippen molar-refractivity contribution in [2.24, 2.45) is 0 Å². The number of carbonyl (C=O) groups excluding carboxylic acids is 1. The number of amides is 1. The third kappa shape index (κ3) is 6.00. The first kappa shape index (κ1) is 24.5. The molecule has 0 aliphatic heterocycles. The van der Waals surface area contributed by atoms with E-state index in [4.69, 9.17) is 4.74 Å². The molecule has 3 aromatic carbocycles. The number of carbonyl (C=O) groups is 1. The molecule has 3 rings (SSSR count). The van der Waals surface area contributed by atoms with Crippen molar-refractivity contribution in [2.45, 2.75) is 30.7 Å². The van der Waals surface area contributed by atoms with Crippen LogP contribution in [-0.4, -0.2) is 39.8 Å². The first-order valence-corrected chi connectivity index (χ1v) is 12.2. The van der Waals surface area contributed by atoms with Gasteiger partial charge in [0.05, 0.1) is 18.0 Å². The van der Waals surface area contributed by atoms with E-state index in [1.54, 1.807) is 12.1 Å². The normalized spacial score (nSPS) is 12.4. The van der Waals surface area contributed by atoms with E-state index in [-0.39, 0.29) is 23.3 Å². The summed E-state index contributed by atoms with van der Waals surface area (Å²) >= 11 is 0. The van der Waals surface area contributed by atoms with Crippen LogP contribution in [0, 0.1) is 6.92 Å².